The molecule has 0 bridgehead atoms. The molecule has 0 aliphatic heterocycles. The van der Waals surface area contributed by atoms with Crippen molar-refractivity contribution in [2.45, 2.75) is 24.3 Å². The van der Waals surface area contributed by atoms with E-state index >= 15 is 0 Å². The highest BCUT2D eigenvalue weighted by Crippen LogP contribution is 2.23. The van der Waals surface area contributed by atoms with Gasteiger partial charge in [0.05, 0.1) is 13.5 Å². The van der Waals surface area contributed by atoms with Crippen LogP contribution in [0.4, 0.5) is 4.39 Å². The van der Waals surface area contributed by atoms with E-state index in [4.69, 9.17) is 0 Å². The van der Waals surface area contributed by atoms with Crippen molar-refractivity contribution in [1.29, 1.82) is 0 Å². The second-order valence-corrected chi connectivity index (χ2v) is 6.02. The summed E-state index contributed by atoms with van der Waals surface area (Å²) in [4.78, 5) is 11.0. The summed E-state index contributed by atoms with van der Waals surface area (Å²) in [6.07, 6.45) is 0.373. The van der Waals surface area contributed by atoms with Gasteiger partial charge in [0.25, 0.3) is 0 Å². The van der Waals surface area contributed by atoms with Crippen LogP contribution in [0.2, 0.25) is 0 Å². The molecule has 94 valence electrons. The summed E-state index contributed by atoms with van der Waals surface area (Å²) < 4.78 is 18.4. The third-order valence-electron chi connectivity index (χ3n) is 2.14. The van der Waals surface area contributed by atoms with Crippen LogP contribution in [-0.4, -0.2) is 18.3 Å². The number of carbonyl (C=O) groups excluding carboxylic acids is 1. The molecule has 1 atom stereocenters. The molecule has 2 nitrogen and oxygen atoms in total. The zero-order chi connectivity index (χ0) is 12.8. The molecular formula is C12H14BrFO2S. The number of hydrogen-bond acceptors (Lipinski definition) is 3. The number of halogens is 2. The Labute approximate surface area is 113 Å². The molecule has 1 rings (SSSR count). The maximum absolute atomic E-state index is 13.1. The highest BCUT2D eigenvalue weighted by Gasteiger charge is 2.10. The van der Waals surface area contributed by atoms with Crippen LogP contribution in [-0.2, 0) is 15.3 Å². The number of thioether (sulfide) groups is 1. The predicted molar refractivity (Wildman–Crippen MR) is 71.5 cm³/mol. The second-order valence-electron chi connectivity index (χ2n) is 3.68. The first-order chi connectivity index (χ1) is 8.01. The van der Waals surface area contributed by atoms with E-state index in [2.05, 4.69) is 20.7 Å². The summed E-state index contributed by atoms with van der Waals surface area (Å²) in [5.74, 6) is 0.204. The molecule has 0 fully saturated rings. The first-order valence-electron chi connectivity index (χ1n) is 5.14. The summed E-state index contributed by atoms with van der Waals surface area (Å²) in [6, 6.07) is 4.80. The van der Waals surface area contributed by atoms with Crippen molar-refractivity contribution in [2.24, 2.45) is 0 Å². The van der Waals surface area contributed by atoms with Gasteiger partial charge in [-0.15, -0.1) is 0 Å². The van der Waals surface area contributed by atoms with E-state index < -0.39 is 0 Å². The summed E-state index contributed by atoms with van der Waals surface area (Å²) >= 11 is 4.85. The van der Waals surface area contributed by atoms with E-state index in [1.165, 1.54) is 19.2 Å². The van der Waals surface area contributed by atoms with E-state index in [9.17, 15) is 9.18 Å². The van der Waals surface area contributed by atoms with Crippen LogP contribution >= 0.6 is 27.7 Å². The Bertz CT molecular complexity index is 378. The number of rotatable bonds is 5. The molecule has 0 spiro atoms. The van der Waals surface area contributed by atoms with Crippen LogP contribution < -0.4 is 0 Å². The molecule has 0 aliphatic carbocycles. The van der Waals surface area contributed by atoms with E-state index in [-0.39, 0.29) is 17.0 Å². The molecule has 5 heteroatoms. The minimum Gasteiger partial charge on any atom is -0.469 e. The lowest BCUT2D eigenvalue weighted by Gasteiger charge is -2.10. The van der Waals surface area contributed by atoms with Crippen LogP contribution in [0.15, 0.2) is 22.7 Å². The molecule has 1 unspecified atom stereocenters. The zero-order valence-electron chi connectivity index (χ0n) is 9.70. The van der Waals surface area contributed by atoms with E-state index in [1.54, 1.807) is 11.8 Å². The molecule has 0 radical (unpaired) electrons. The molecule has 1 aromatic rings. The van der Waals surface area contributed by atoms with E-state index in [0.717, 1.165) is 10.0 Å². The molecular weight excluding hydrogens is 307 g/mol. The van der Waals surface area contributed by atoms with E-state index in [1.807, 2.05) is 13.0 Å². The van der Waals surface area contributed by atoms with Crippen molar-refractivity contribution in [3.8, 4) is 0 Å². The highest BCUT2D eigenvalue weighted by atomic mass is 79.9. The maximum Gasteiger partial charge on any atom is 0.306 e. The molecule has 0 N–H and O–H groups in total. The van der Waals surface area contributed by atoms with Gasteiger partial charge in [-0.1, -0.05) is 22.9 Å². The summed E-state index contributed by atoms with van der Waals surface area (Å²) in [5, 5.41) is 0.157. The standard InChI is InChI=1S/C12H14BrFO2S/c1-8(3-12(15)16-2)17-7-9-4-10(13)6-11(14)5-9/h4-6,8H,3,7H2,1-2H3. The zero-order valence-corrected chi connectivity index (χ0v) is 12.1. The van der Waals surface area contributed by atoms with Crippen molar-refractivity contribution in [3.05, 3.63) is 34.1 Å². The molecule has 0 saturated heterocycles. The van der Waals surface area contributed by atoms with Gasteiger partial charge < -0.3 is 4.74 Å². The molecule has 0 saturated carbocycles. The van der Waals surface area contributed by atoms with Crippen molar-refractivity contribution in [1.82, 2.24) is 0 Å². The predicted octanol–water partition coefficient (Wildman–Crippen LogP) is 3.77. The Morgan fingerprint density at radius 3 is 2.82 bits per heavy atom. The maximum atomic E-state index is 13.1. The minimum atomic E-state index is -0.254. The third-order valence-corrected chi connectivity index (χ3v) is 3.83. The lowest BCUT2D eigenvalue weighted by molar-refractivity contribution is -0.140. The Kier molecular flexibility index (Phi) is 5.98. The van der Waals surface area contributed by atoms with Crippen LogP contribution in [0.5, 0.6) is 0 Å². The van der Waals surface area contributed by atoms with Crippen molar-refractivity contribution >= 4 is 33.7 Å². The second kappa shape index (κ2) is 7.01. The largest absolute Gasteiger partial charge is 0.469 e. The SMILES string of the molecule is COC(=O)CC(C)SCc1cc(F)cc(Br)c1. The Morgan fingerprint density at radius 2 is 2.24 bits per heavy atom. The van der Waals surface area contributed by atoms with Gasteiger partial charge in [-0.25, -0.2) is 4.39 Å². The number of ether oxygens (including phenoxy) is 1. The van der Waals surface area contributed by atoms with Gasteiger partial charge in [-0.3, -0.25) is 4.79 Å². The molecule has 0 heterocycles. The summed E-state index contributed by atoms with van der Waals surface area (Å²) in [5.41, 5.74) is 0.901. The van der Waals surface area contributed by atoms with Gasteiger partial charge in [0.15, 0.2) is 0 Å². The van der Waals surface area contributed by atoms with Gasteiger partial charge in [0.2, 0.25) is 0 Å². The van der Waals surface area contributed by atoms with Gasteiger partial charge in [0, 0.05) is 15.5 Å². The minimum absolute atomic E-state index is 0.157. The fourth-order valence-electron chi connectivity index (χ4n) is 1.31. The number of hydrogen-bond donors (Lipinski definition) is 0. The summed E-state index contributed by atoms with van der Waals surface area (Å²) in [7, 11) is 1.38. The highest BCUT2D eigenvalue weighted by molar-refractivity contribution is 9.10. The molecule has 0 amide bonds. The van der Waals surface area contributed by atoms with Crippen LogP contribution in [0.3, 0.4) is 0 Å². The van der Waals surface area contributed by atoms with Crippen LogP contribution in [0.25, 0.3) is 0 Å². The van der Waals surface area contributed by atoms with Gasteiger partial charge in [0.1, 0.15) is 5.82 Å². The summed E-state index contributed by atoms with van der Waals surface area (Å²) in [6.45, 7) is 1.95. The fraction of sp³-hybridized carbons (Fsp3) is 0.417. The molecule has 1 aromatic carbocycles. The Hall–Kier alpha value is -0.550. The molecule has 17 heavy (non-hydrogen) atoms. The quantitative estimate of drug-likeness (QED) is 0.772. The van der Waals surface area contributed by atoms with Gasteiger partial charge in [-0.05, 0) is 23.8 Å². The smallest absolute Gasteiger partial charge is 0.306 e. The number of benzene rings is 1. The van der Waals surface area contributed by atoms with Crippen LogP contribution in [0.1, 0.15) is 18.9 Å². The van der Waals surface area contributed by atoms with Gasteiger partial charge in [-0.2, -0.15) is 11.8 Å². The number of esters is 1. The van der Waals surface area contributed by atoms with Crippen molar-refractivity contribution < 1.29 is 13.9 Å². The lowest BCUT2D eigenvalue weighted by atomic mass is 10.2. The number of methoxy groups -OCH3 is 1. The monoisotopic (exact) mass is 320 g/mol. The molecule has 0 aliphatic rings. The first-order valence-corrected chi connectivity index (χ1v) is 6.99. The van der Waals surface area contributed by atoms with E-state index in [0.29, 0.717) is 12.2 Å². The Morgan fingerprint density at radius 1 is 1.53 bits per heavy atom. The Balaban J connectivity index is 2.47. The average Bonchev–Trinajstić information content (AvgIpc) is 2.25. The topological polar surface area (TPSA) is 26.3 Å². The van der Waals surface area contributed by atoms with Gasteiger partial charge >= 0.3 is 5.97 Å². The average molecular weight is 321 g/mol. The molecule has 0 aromatic heterocycles. The number of carbonyl (C=O) groups is 1. The normalized spacial score (nSPS) is 12.2. The fourth-order valence-corrected chi connectivity index (χ4v) is 2.72. The van der Waals surface area contributed by atoms with Crippen molar-refractivity contribution in [3.63, 3.8) is 0 Å². The lowest BCUT2D eigenvalue weighted by Crippen LogP contribution is -2.08. The third kappa shape index (κ3) is 5.55. The first kappa shape index (κ1) is 14.5. The van der Waals surface area contributed by atoms with Crippen LogP contribution in [0, 0.1) is 5.82 Å². The van der Waals surface area contributed by atoms with Crippen molar-refractivity contribution in [2.75, 3.05) is 7.11 Å².